The molecule has 2 heterocycles. The largest absolute Gasteiger partial charge is 0.457 e. The van der Waals surface area contributed by atoms with Gasteiger partial charge < -0.3 is 15.5 Å². The van der Waals surface area contributed by atoms with Crippen molar-refractivity contribution in [3.05, 3.63) is 68.8 Å². The van der Waals surface area contributed by atoms with Crippen molar-refractivity contribution in [3.8, 4) is 11.3 Å². The second-order valence-corrected chi connectivity index (χ2v) is 11.4. The second kappa shape index (κ2) is 9.43. The van der Waals surface area contributed by atoms with Gasteiger partial charge in [0.15, 0.2) is 0 Å². The molecule has 2 aromatic heterocycles. The van der Waals surface area contributed by atoms with Crippen molar-refractivity contribution in [2.24, 2.45) is 17.1 Å². The molecule has 3 N–H and O–H groups in total. The molecule has 0 fully saturated rings. The average Bonchev–Trinajstić information content (AvgIpc) is 3.37. The third-order valence-electron chi connectivity index (χ3n) is 6.46. The molecule has 0 radical (unpaired) electrons. The van der Waals surface area contributed by atoms with Gasteiger partial charge in [0.1, 0.15) is 16.5 Å². The van der Waals surface area contributed by atoms with Gasteiger partial charge in [-0.25, -0.2) is 0 Å². The Kier molecular flexibility index (Phi) is 6.74. The highest BCUT2D eigenvalue weighted by molar-refractivity contribution is 7.17. The van der Waals surface area contributed by atoms with Gasteiger partial charge in [0.05, 0.1) is 5.56 Å². The molecule has 1 aliphatic rings. The number of amides is 2. The maximum absolute atomic E-state index is 12.7. The summed E-state index contributed by atoms with van der Waals surface area (Å²) in [5.74, 6) is 0.885. The van der Waals surface area contributed by atoms with Crippen molar-refractivity contribution < 1.29 is 14.0 Å². The van der Waals surface area contributed by atoms with Crippen molar-refractivity contribution in [1.82, 2.24) is 0 Å². The van der Waals surface area contributed by atoms with Gasteiger partial charge >= 0.3 is 0 Å². The number of carbonyl (C=O) groups excluding carboxylic acids is 2. The van der Waals surface area contributed by atoms with E-state index in [-0.39, 0.29) is 11.3 Å². The molecule has 7 heteroatoms. The molecule has 0 unspecified atom stereocenters. The Hall–Kier alpha value is -2.83. The van der Waals surface area contributed by atoms with E-state index in [0.717, 1.165) is 40.8 Å². The number of halogens is 1. The van der Waals surface area contributed by atoms with Gasteiger partial charge in [-0.15, -0.1) is 11.3 Å². The van der Waals surface area contributed by atoms with Gasteiger partial charge in [0.2, 0.25) is 5.91 Å². The fraction of sp³-hybridized carbons (Fsp3) is 0.333. The minimum absolute atomic E-state index is 0.187. The lowest BCUT2D eigenvalue weighted by molar-refractivity contribution is -0.111. The number of nitrogens with two attached hydrogens (primary N) is 1. The fourth-order valence-electron chi connectivity index (χ4n) is 4.33. The predicted octanol–water partition coefficient (Wildman–Crippen LogP) is 6.87. The zero-order valence-electron chi connectivity index (χ0n) is 19.8. The molecule has 5 nitrogen and oxygen atoms in total. The number of rotatable bonds is 5. The average molecular weight is 497 g/mol. The van der Waals surface area contributed by atoms with Crippen LogP contribution in [0.3, 0.4) is 0 Å². The molecule has 4 rings (SSSR count). The van der Waals surface area contributed by atoms with Crippen LogP contribution in [0.5, 0.6) is 0 Å². The number of benzene rings is 1. The van der Waals surface area contributed by atoms with Crippen molar-refractivity contribution in [3.63, 3.8) is 0 Å². The van der Waals surface area contributed by atoms with E-state index in [4.69, 9.17) is 21.8 Å². The number of thiophene rings is 1. The molecular formula is C27H29ClN2O3S. The number of hydrogen-bond acceptors (Lipinski definition) is 4. The third-order valence-corrected chi connectivity index (χ3v) is 8.03. The van der Waals surface area contributed by atoms with Crippen LogP contribution < -0.4 is 11.1 Å². The van der Waals surface area contributed by atoms with Crippen LogP contribution in [0.1, 0.15) is 59.3 Å². The first kappa shape index (κ1) is 24.3. The van der Waals surface area contributed by atoms with Crippen LogP contribution in [0.4, 0.5) is 5.00 Å². The molecule has 1 aromatic carbocycles. The van der Waals surface area contributed by atoms with E-state index in [2.05, 4.69) is 26.1 Å². The Morgan fingerprint density at radius 1 is 1.24 bits per heavy atom. The Balaban J connectivity index is 1.49. The monoisotopic (exact) mass is 496 g/mol. The zero-order valence-corrected chi connectivity index (χ0v) is 21.4. The highest BCUT2D eigenvalue weighted by Crippen LogP contribution is 2.44. The fourth-order valence-corrected chi connectivity index (χ4v) is 5.85. The van der Waals surface area contributed by atoms with Gasteiger partial charge in [-0.1, -0.05) is 44.5 Å². The first-order valence-electron chi connectivity index (χ1n) is 11.3. The minimum atomic E-state index is -0.501. The summed E-state index contributed by atoms with van der Waals surface area (Å²) in [5.41, 5.74) is 9.18. The smallest absolute Gasteiger partial charge is 0.251 e. The number of primary amides is 1. The molecule has 0 bridgehead atoms. The Bertz CT molecular complexity index is 1280. The van der Waals surface area contributed by atoms with Crippen LogP contribution in [-0.4, -0.2) is 11.8 Å². The molecule has 0 saturated heterocycles. The number of furan rings is 1. The van der Waals surface area contributed by atoms with Crippen LogP contribution in [0.2, 0.25) is 5.02 Å². The first-order chi connectivity index (χ1) is 16.0. The lowest BCUT2D eigenvalue weighted by atomic mass is 9.72. The lowest BCUT2D eigenvalue weighted by Gasteiger charge is -2.33. The van der Waals surface area contributed by atoms with Gasteiger partial charge in [-0.2, -0.15) is 0 Å². The number of hydrogen-bond donors (Lipinski definition) is 2. The van der Waals surface area contributed by atoms with E-state index in [9.17, 15) is 9.59 Å². The lowest BCUT2D eigenvalue weighted by Crippen LogP contribution is -2.27. The Morgan fingerprint density at radius 2 is 2.00 bits per heavy atom. The molecule has 0 spiro atoms. The van der Waals surface area contributed by atoms with Crippen molar-refractivity contribution in [2.75, 3.05) is 5.32 Å². The summed E-state index contributed by atoms with van der Waals surface area (Å²) >= 11 is 7.67. The van der Waals surface area contributed by atoms with E-state index in [1.54, 1.807) is 12.1 Å². The third kappa shape index (κ3) is 5.13. The van der Waals surface area contributed by atoms with Gasteiger partial charge in [-0.05, 0) is 72.9 Å². The molecule has 34 heavy (non-hydrogen) atoms. The van der Waals surface area contributed by atoms with Crippen molar-refractivity contribution in [1.29, 1.82) is 0 Å². The number of anilines is 1. The molecule has 2 amide bonds. The van der Waals surface area contributed by atoms with Crippen LogP contribution in [-0.2, 0) is 17.6 Å². The molecule has 178 valence electrons. The van der Waals surface area contributed by atoms with Crippen molar-refractivity contribution >= 4 is 45.8 Å². The van der Waals surface area contributed by atoms with Crippen molar-refractivity contribution in [2.45, 2.75) is 47.0 Å². The van der Waals surface area contributed by atoms with Crippen LogP contribution in [0.25, 0.3) is 17.4 Å². The van der Waals surface area contributed by atoms with E-state index in [1.807, 2.05) is 31.2 Å². The van der Waals surface area contributed by atoms with E-state index >= 15 is 0 Å². The van der Waals surface area contributed by atoms with Gasteiger partial charge in [0, 0.05) is 21.5 Å². The minimum Gasteiger partial charge on any atom is -0.457 e. The van der Waals surface area contributed by atoms with E-state index in [1.165, 1.54) is 17.4 Å². The molecule has 3 aromatic rings. The summed E-state index contributed by atoms with van der Waals surface area (Å²) in [6.07, 6.45) is 5.70. The molecule has 0 aliphatic heterocycles. The predicted molar refractivity (Wildman–Crippen MR) is 139 cm³/mol. The highest BCUT2D eigenvalue weighted by atomic mass is 35.5. The number of nitrogens with one attached hydrogen (secondary N) is 1. The standard InChI is InChI=1S/C27H29ClN2O3S/c1-15-5-6-16(13-20(15)28)21-11-8-18(33-21)9-12-23(31)30-26-24(25(29)32)19-10-7-17(27(2,3)4)14-22(19)34-26/h5-6,8-9,11-13,17H,7,10,14H2,1-4H3,(H2,29,32)(H,30,31)/b12-9+/t17-/m0/s1. The Morgan fingerprint density at radius 3 is 2.68 bits per heavy atom. The Labute approximate surface area is 209 Å². The summed E-state index contributed by atoms with van der Waals surface area (Å²) in [6.45, 7) is 8.67. The van der Waals surface area contributed by atoms with Gasteiger partial charge in [0.25, 0.3) is 5.91 Å². The normalized spacial score (nSPS) is 16.0. The summed E-state index contributed by atoms with van der Waals surface area (Å²) in [7, 11) is 0. The van der Waals surface area contributed by atoms with Crippen LogP contribution >= 0.6 is 22.9 Å². The quantitative estimate of drug-likeness (QED) is 0.378. The van der Waals surface area contributed by atoms with Crippen LogP contribution in [0.15, 0.2) is 40.8 Å². The van der Waals surface area contributed by atoms with E-state index < -0.39 is 5.91 Å². The highest BCUT2D eigenvalue weighted by Gasteiger charge is 2.33. The number of carbonyl (C=O) groups is 2. The second-order valence-electron chi connectivity index (χ2n) is 9.87. The SMILES string of the molecule is Cc1ccc(-c2ccc(/C=C/C(=O)Nc3sc4c(c3C(N)=O)CC[C@H](C(C)(C)C)C4)o2)cc1Cl. The summed E-state index contributed by atoms with van der Waals surface area (Å²) in [5, 5.41) is 4.05. The summed E-state index contributed by atoms with van der Waals surface area (Å²) in [6, 6.07) is 9.35. The maximum Gasteiger partial charge on any atom is 0.251 e. The molecule has 1 aliphatic carbocycles. The topological polar surface area (TPSA) is 85.3 Å². The molecule has 1 atom stereocenters. The van der Waals surface area contributed by atoms with Gasteiger partial charge in [-0.3, -0.25) is 9.59 Å². The first-order valence-corrected chi connectivity index (χ1v) is 12.5. The summed E-state index contributed by atoms with van der Waals surface area (Å²) < 4.78 is 5.84. The van der Waals surface area contributed by atoms with Crippen LogP contribution in [0, 0.1) is 18.3 Å². The molecular weight excluding hydrogens is 468 g/mol. The molecule has 0 saturated carbocycles. The zero-order chi connectivity index (χ0) is 24.6. The van der Waals surface area contributed by atoms with E-state index in [0.29, 0.717) is 33.0 Å². The number of aryl methyl sites for hydroxylation is 1. The number of fused-ring (bicyclic) bond motifs is 1. The maximum atomic E-state index is 12.7. The summed E-state index contributed by atoms with van der Waals surface area (Å²) in [4.78, 5) is 26.0.